The van der Waals surface area contributed by atoms with E-state index in [0.29, 0.717) is 6.26 Å². The van der Waals surface area contributed by atoms with Crippen LogP contribution >= 0.6 is 0 Å². The molecule has 0 aromatic heterocycles. The fourth-order valence-electron chi connectivity index (χ4n) is 3.11. The Bertz CT molecular complexity index is 327. The van der Waals surface area contributed by atoms with Gasteiger partial charge in [-0.15, -0.1) is 0 Å². The van der Waals surface area contributed by atoms with Crippen molar-refractivity contribution >= 4 is 10.1 Å². The second-order valence-electron chi connectivity index (χ2n) is 6.42. The predicted octanol–water partition coefficient (Wildman–Crippen LogP) is 3.53. The Labute approximate surface area is 132 Å². The molecule has 0 saturated carbocycles. The van der Waals surface area contributed by atoms with Crippen molar-refractivity contribution < 1.29 is 17.5 Å². The summed E-state index contributed by atoms with van der Waals surface area (Å²) >= 11 is 0. The van der Waals surface area contributed by atoms with Crippen molar-refractivity contribution in [1.29, 1.82) is 0 Å². The van der Waals surface area contributed by atoms with E-state index in [9.17, 15) is 0 Å². The molecule has 4 nitrogen and oxygen atoms in total. The lowest BCUT2D eigenvalue weighted by molar-refractivity contribution is -0.917. The van der Waals surface area contributed by atoms with Gasteiger partial charge in [0.1, 0.15) is 0 Å². The van der Waals surface area contributed by atoms with Gasteiger partial charge in [-0.25, -0.2) is 8.42 Å². The van der Waals surface area contributed by atoms with Crippen molar-refractivity contribution in [1.82, 2.24) is 0 Å². The maximum atomic E-state index is 9.08. The number of likely N-dealkylation sites (tertiary alicyclic amines) is 1. The summed E-state index contributed by atoms with van der Waals surface area (Å²) in [6.45, 7) is 10.5. The molecule has 1 fully saturated rings. The molecule has 5 heteroatoms. The zero-order chi connectivity index (χ0) is 16.2. The van der Waals surface area contributed by atoms with Crippen LogP contribution in [-0.2, 0) is 10.1 Å². The van der Waals surface area contributed by atoms with Crippen LogP contribution in [0.5, 0.6) is 0 Å². The first-order valence-electron chi connectivity index (χ1n) is 8.59. The van der Waals surface area contributed by atoms with Gasteiger partial charge < -0.3 is 9.04 Å². The summed E-state index contributed by atoms with van der Waals surface area (Å²) in [5.74, 6) is 0. The summed E-state index contributed by atoms with van der Waals surface area (Å²) in [6, 6.07) is 0. The Balaban J connectivity index is 0.000000690. The topological polar surface area (TPSA) is 57.2 Å². The summed E-state index contributed by atoms with van der Waals surface area (Å²) < 4.78 is 28.7. The van der Waals surface area contributed by atoms with E-state index in [1.807, 2.05) is 0 Å². The molecule has 21 heavy (non-hydrogen) atoms. The van der Waals surface area contributed by atoms with E-state index in [-0.39, 0.29) is 0 Å². The Morgan fingerprint density at radius 2 is 1.29 bits per heavy atom. The number of rotatable bonds is 9. The fraction of sp³-hybridized carbons (Fsp3) is 1.00. The van der Waals surface area contributed by atoms with Crippen molar-refractivity contribution in [3.63, 3.8) is 0 Å². The molecule has 0 amide bonds. The van der Waals surface area contributed by atoms with Crippen molar-refractivity contribution in [2.24, 2.45) is 0 Å². The number of hydrogen-bond acceptors (Lipinski definition) is 3. The van der Waals surface area contributed by atoms with Crippen LogP contribution < -0.4 is 0 Å². The van der Waals surface area contributed by atoms with Crippen LogP contribution in [0.2, 0.25) is 0 Å². The highest BCUT2D eigenvalue weighted by molar-refractivity contribution is 7.84. The fourth-order valence-corrected chi connectivity index (χ4v) is 3.11. The van der Waals surface area contributed by atoms with Gasteiger partial charge in [-0.2, -0.15) is 0 Å². The number of hydrogen-bond donors (Lipinski definition) is 0. The van der Waals surface area contributed by atoms with E-state index in [1.165, 1.54) is 88.4 Å². The highest BCUT2D eigenvalue weighted by Crippen LogP contribution is 2.22. The summed E-state index contributed by atoms with van der Waals surface area (Å²) in [5, 5.41) is 0. The summed E-state index contributed by atoms with van der Waals surface area (Å²) in [7, 11) is -3.92. The highest BCUT2D eigenvalue weighted by atomic mass is 32.2. The van der Waals surface area contributed by atoms with Gasteiger partial charge in [0.2, 0.25) is 0 Å². The minimum absolute atomic E-state index is 0.604. The number of quaternary nitrogens is 1. The predicted molar refractivity (Wildman–Crippen MR) is 88.3 cm³/mol. The molecular formula is C16H35NO3S. The maximum Gasteiger partial charge on any atom is 0.0916 e. The van der Waals surface area contributed by atoms with Crippen LogP contribution in [0, 0.1) is 0 Å². The van der Waals surface area contributed by atoms with Crippen LogP contribution in [0.15, 0.2) is 0 Å². The molecule has 0 spiro atoms. The maximum absolute atomic E-state index is 9.08. The molecule has 1 aliphatic heterocycles. The van der Waals surface area contributed by atoms with E-state index < -0.39 is 10.1 Å². The van der Waals surface area contributed by atoms with Gasteiger partial charge in [0.05, 0.1) is 36.3 Å². The monoisotopic (exact) mass is 321 g/mol. The second-order valence-corrected chi connectivity index (χ2v) is 7.82. The molecule has 0 aromatic carbocycles. The minimum atomic E-state index is -3.92. The second kappa shape index (κ2) is 11.4. The van der Waals surface area contributed by atoms with E-state index in [2.05, 4.69) is 13.8 Å². The molecule has 0 bridgehead atoms. The molecule has 0 unspecified atom stereocenters. The average Bonchev–Trinajstić information content (AvgIpc) is 2.83. The van der Waals surface area contributed by atoms with E-state index in [4.69, 9.17) is 13.0 Å². The van der Waals surface area contributed by atoms with Crippen molar-refractivity contribution in [3.8, 4) is 0 Å². The van der Waals surface area contributed by atoms with Gasteiger partial charge in [-0.05, 0) is 19.3 Å². The molecule has 1 heterocycles. The normalized spacial score (nSPS) is 17.3. The van der Waals surface area contributed by atoms with Crippen LogP contribution in [0.3, 0.4) is 0 Å². The van der Waals surface area contributed by atoms with Gasteiger partial charge in [0.15, 0.2) is 0 Å². The molecule has 0 aliphatic carbocycles. The molecule has 128 valence electrons. The smallest absolute Gasteiger partial charge is 0.0916 e. The van der Waals surface area contributed by atoms with Crippen LogP contribution in [-0.4, -0.2) is 49.9 Å². The molecule has 1 aliphatic rings. The zero-order valence-electron chi connectivity index (χ0n) is 14.3. The largest absolute Gasteiger partial charge is 0.748 e. The highest BCUT2D eigenvalue weighted by Gasteiger charge is 2.30. The third kappa shape index (κ3) is 13.3. The van der Waals surface area contributed by atoms with E-state index in [1.54, 1.807) is 0 Å². The quantitative estimate of drug-likeness (QED) is 0.371. The van der Waals surface area contributed by atoms with Crippen molar-refractivity contribution in [2.75, 3.05) is 32.4 Å². The zero-order valence-corrected chi connectivity index (χ0v) is 15.1. The molecule has 0 aromatic rings. The Morgan fingerprint density at radius 3 is 1.76 bits per heavy atom. The lowest BCUT2D eigenvalue weighted by Gasteiger charge is -2.34. The van der Waals surface area contributed by atoms with E-state index in [0.717, 1.165) is 0 Å². The first-order chi connectivity index (χ1) is 9.83. The Hall–Kier alpha value is -0.130. The third-order valence-electron chi connectivity index (χ3n) is 4.24. The van der Waals surface area contributed by atoms with Crippen molar-refractivity contribution in [2.45, 2.75) is 71.6 Å². The van der Waals surface area contributed by atoms with Gasteiger partial charge in [-0.1, -0.05) is 39.5 Å². The summed E-state index contributed by atoms with van der Waals surface area (Å²) in [5.41, 5.74) is 0. The Morgan fingerprint density at radius 1 is 0.857 bits per heavy atom. The van der Waals surface area contributed by atoms with E-state index >= 15 is 0 Å². The van der Waals surface area contributed by atoms with Gasteiger partial charge in [-0.3, -0.25) is 0 Å². The molecular weight excluding hydrogens is 286 g/mol. The minimum Gasteiger partial charge on any atom is -0.748 e. The lowest BCUT2D eigenvalue weighted by atomic mass is 10.1. The van der Waals surface area contributed by atoms with Crippen molar-refractivity contribution in [3.05, 3.63) is 0 Å². The first-order valence-corrected chi connectivity index (χ1v) is 10.4. The van der Waals surface area contributed by atoms with Gasteiger partial charge in [0.25, 0.3) is 0 Å². The average molecular weight is 322 g/mol. The lowest BCUT2D eigenvalue weighted by Crippen LogP contribution is -2.46. The number of nitrogens with zero attached hydrogens (tertiary/aromatic N) is 1. The third-order valence-corrected chi connectivity index (χ3v) is 4.24. The molecule has 0 N–H and O–H groups in total. The van der Waals surface area contributed by atoms with Crippen LogP contribution in [0.4, 0.5) is 0 Å². The Kier molecular flexibility index (Phi) is 11.4. The molecule has 1 rings (SSSR count). The summed E-state index contributed by atoms with van der Waals surface area (Å²) in [6.07, 6.45) is 13.6. The molecule has 1 saturated heterocycles. The standard InChI is InChI=1S/C15H32N.CH4O3S/c1-3-5-7-8-9-13-16(12-6-4-2)14-10-11-15-16;1-5(2,3)4/h3-15H2,1-2H3;1H3,(H,2,3,4)/q+1;/p-1. The first kappa shape index (κ1) is 20.9. The molecule has 0 atom stereocenters. The number of unbranched alkanes of at least 4 members (excludes halogenated alkanes) is 5. The van der Waals surface area contributed by atoms with Crippen LogP contribution in [0.1, 0.15) is 71.6 Å². The van der Waals surface area contributed by atoms with Gasteiger partial charge >= 0.3 is 0 Å². The summed E-state index contributed by atoms with van der Waals surface area (Å²) in [4.78, 5) is 0. The SMILES string of the molecule is CCCCCCC[N+]1(CCCC)CCCC1.CS(=O)(=O)[O-]. The molecule has 0 radical (unpaired) electrons. The van der Waals surface area contributed by atoms with Crippen LogP contribution in [0.25, 0.3) is 0 Å². The van der Waals surface area contributed by atoms with Gasteiger partial charge in [0, 0.05) is 19.1 Å².